The van der Waals surface area contributed by atoms with Crippen LogP contribution in [0.3, 0.4) is 0 Å². The van der Waals surface area contributed by atoms with Gasteiger partial charge in [0.05, 0.1) is 19.2 Å². The Bertz CT molecular complexity index is 809. The number of carbonyl (C=O) groups excluding carboxylic acids is 1. The minimum Gasteiger partial charge on any atom is -0.496 e. The Morgan fingerprint density at radius 3 is 2.96 bits per heavy atom. The molecule has 0 fully saturated rings. The number of nitrogens with zero attached hydrogens (tertiary/aromatic N) is 2. The van der Waals surface area contributed by atoms with Crippen LogP contribution in [0.15, 0.2) is 48.1 Å². The molecular formula is C17H17N3O2S. The Morgan fingerprint density at radius 2 is 2.26 bits per heavy atom. The number of anilines is 1. The number of benzene rings is 1. The number of aryl methyl sites for hydroxylation is 1. The van der Waals surface area contributed by atoms with Crippen LogP contribution in [-0.4, -0.2) is 22.8 Å². The standard InChI is InChI=1S/C17H17N3O2S/c1-12-10-13(4-5-15(12)22-2)11-16(21)19-14-6-9-23-17(14)20-8-3-7-18-20/h3-10H,11H2,1-2H3,(H,19,21). The van der Waals surface area contributed by atoms with Gasteiger partial charge in [0, 0.05) is 12.4 Å². The van der Waals surface area contributed by atoms with Gasteiger partial charge >= 0.3 is 0 Å². The lowest BCUT2D eigenvalue weighted by Gasteiger charge is -2.09. The second kappa shape index (κ2) is 6.66. The predicted molar refractivity (Wildman–Crippen MR) is 91.5 cm³/mol. The van der Waals surface area contributed by atoms with Crippen molar-refractivity contribution >= 4 is 22.9 Å². The van der Waals surface area contributed by atoms with Gasteiger partial charge < -0.3 is 10.1 Å². The van der Waals surface area contributed by atoms with Crippen molar-refractivity contribution in [2.45, 2.75) is 13.3 Å². The number of methoxy groups -OCH3 is 1. The number of amides is 1. The van der Waals surface area contributed by atoms with Crippen LogP contribution in [0.1, 0.15) is 11.1 Å². The summed E-state index contributed by atoms with van der Waals surface area (Å²) in [5.41, 5.74) is 2.75. The van der Waals surface area contributed by atoms with E-state index >= 15 is 0 Å². The van der Waals surface area contributed by atoms with Crippen LogP contribution < -0.4 is 10.1 Å². The summed E-state index contributed by atoms with van der Waals surface area (Å²) in [6.07, 6.45) is 3.89. The fourth-order valence-corrected chi connectivity index (χ4v) is 3.19. The first-order chi connectivity index (χ1) is 11.2. The zero-order valence-electron chi connectivity index (χ0n) is 12.9. The molecule has 23 heavy (non-hydrogen) atoms. The maximum Gasteiger partial charge on any atom is 0.228 e. The molecule has 2 aromatic heterocycles. The molecule has 3 rings (SSSR count). The Kier molecular flexibility index (Phi) is 4.43. The van der Waals surface area contributed by atoms with Gasteiger partial charge in [-0.3, -0.25) is 4.79 Å². The highest BCUT2D eigenvalue weighted by molar-refractivity contribution is 7.13. The van der Waals surface area contributed by atoms with E-state index in [1.54, 1.807) is 18.0 Å². The first-order valence-electron chi connectivity index (χ1n) is 7.18. The molecule has 0 unspecified atom stereocenters. The third-order valence-corrected chi connectivity index (χ3v) is 4.36. The average molecular weight is 327 g/mol. The number of nitrogens with one attached hydrogen (secondary N) is 1. The molecule has 0 radical (unpaired) electrons. The van der Waals surface area contributed by atoms with Crippen LogP contribution in [0.4, 0.5) is 5.69 Å². The Morgan fingerprint density at radius 1 is 1.39 bits per heavy atom. The molecule has 0 spiro atoms. The van der Waals surface area contributed by atoms with Crippen molar-refractivity contribution in [3.63, 3.8) is 0 Å². The second-order valence-electron chi connectivity index (χ2n) is 5.12. The highest BCUT2D eigenvalue weighted by Gasteiger charge is 2.11. The molecule has 0 aliphatic rings. The van der Waals surface area contributed by atoms with E-state index < -0.39 is 0 Å². The summed E-state index contributed by atoms with van der Waals surface area (Å²) in [4.78, 5) is 12.3. The molecule has 1 N–H and O–H groups in total. The second-order valence-corrected chi connectivity index (χ2v) is 6.01. The molecule has 1 amide bonds. The largest absolute Gasteiger partial charge is 0.496 e. The zero-order valence-corrected chi connectivity index (χ0v) is 13.8. The van der Waals surface area contributed by atoms with E-state index in [0.29, 0.717) is 6.42 Å². The minimum absolute atomic E-state index is 0.0543. The van der Waals surface area contributed by atoms with Crippen LogP contribution in [0.25, 0.3) is 5.00 Å². The monoisotopic (exact) mass is 327 g/mol. The lowest BCUT2D eigenvalue weighted by atomic mass is 10.1. The highest BCUT2D eigenvalue weighted by atomic mass is 32.1. The lowest BCUT2D eigenvalue weighted by Crippen LogP contribution is -2.15. The van der Waals surface area contributed by atoms with Gasteiger partial charge in [-0.15, -0.1) is 11.3 Å². The maximum absolute atomic E-state index is 12.3. The van der Waals surface area contributed by atoms with Gasteiger partial charge in [0.15, 0.2) is 0 Å². The topological polar surface area (TPSA) is 56.1 Å². The molecule has 6 heteroatoms. The molecule has 3 aromatic rings. The Hall–Kier alpha value is -2.60. The van der Waals surface area contributed by atoms with Crippen molar-refractivity contribution in [1.29, 1.82) is 0 Å². The van der Waals surface area contributed by atoms with Crippen molar-refractivity contribution in [2.75, 3.05) is 12.4 Å². The highest BCUT2D eigenvalue weighted by Crippen LogP contribution is 2.26. The van der Waals surface area contributed by atoms with Crippen LogP contribution in [0, 0.1) is 6.92 Å². The van der Waals surface area contributed by atoms with Gasteiger partial charge in [0.2, 0.25) is 5.91 Å². The number of aromatic nitrogens is 2. The van der Waals surface area contributed by atoms with Gasteiger partial charge in [0.25, 0.3) is 0 Å². The first-order valence-corrected chi connectivity index (χ1v) is 8.06. The summed E-state index contributed by atoms with van der Waals surface area (Å²) < 4.78 is 6.99. The zero-order chi connectivity index (χ0) is 16.2. The third kappa shape index (κ3) is 3.43. The first kappa shape index (κ1) is 15.3. The molecule has 5 nitrogen and oxygen atoms in total. The quantitative estimate of drug-likeness (QED) is 0.781. The summed E-state index contributed by atoms with van der Waals surface area (Å²) in [5.74, 6) is 0.773. The van der Waals surface area contributed by atoms with E-state index in [-0.39, 0.29) is 5.91 Å². The van der Waals surface area contributed by atoms with Gasteiger partial charge in [-0.2, -0.15) is 5.10 Å². The molecule has 0 atom stereocenters. The SMILES string of the molecule is COc1ccc(CC(=O)Nc2ccsc2-n2cccn2)cc1C. The summed E-state index contributed by atoms with van der Waals surface area (Å²) in [7, 11) is 1.64. The summed E-state index contributed by atoms with van der Waals surface area (Å²) >= 11 is 1.53. The van der Waals surface area contributed by atoms with E-state index in [9.17, 15) is 4.79 Å². The molecule has 0 aliphatic carbocycles. The third-order valence-electron chi connectivity index (χ3n) is 3.46. The van der Waals surface area contributed by atoms with Gasteiger partial charge in [-0.1, -0.05) is 12.1 Å². The van der Waals surface area contributed by atoms with Gasteiger partial charge in [-0.25, -0.2) is 4.68 Å². The van der Waals surface area contributed by atoms with Crippen LogP contribution in [0.5, 0.6) is 5.75 Å². The van der Waals surface area contributed by atoms with Gasteiger partial charge in [-0.05, 0) is 41.6 Å². The average Bonchev–Trinajstić information content (AvgIpc) is 3.18. The van der Waals surface area contributed by atoms with Crippen molar-refractivity contribution in [3.05, 3.63) is 59.2 Å². The number of ether oxygens (including phenoxy) is 1. The molecule has 0 saturated carbocycles. The molecule has 2 heterocycles. The minimum atomic E-state index is -0.0543. The lowest BCUT2D eigenvalue weighted by molar-refractivity contribution is -0.115. The van der Waals surface area contributed by atoms with E-state index in [1.807, 2.05) is 48.8 Å². The molecular weight excluding hydrogens is 310 g/mol. The smallest absolute Gasteiger partial charge is 0.228 e. The van der Waals surface area contributed by atoms with E-state index in [4.69, 9.17) is 4.74 Å². The van der Waals surface area contributed by atoms with Gasteiger partial charge in [0.1, 0.15) is 10.8 Å². The number of thiophene rings is 1. The number of hydrogen-bond acceptors (Lipinski definition) is 4. The molecule has 118 valence electrons. The van der Waals surface area contributed by atoms with Crippen molar-refractivity contribution in [2.24, 2.45) is 0 Å². The predicted octanol–water partition coefficient (Wildman–Crippen LogP) is 3.43. The molecule has 1 aromatic carbocycles. The summed E-state index contributed by atoms with van der Waals surface area (Å²) in [5, 5.41) is 9.99. The fraction of sp³-hybridized carbons (Fsp3) is 0.176. The number of hydrogen-bond donors (Lipinski definition) is 1. The Labute approximate surface area is 138 Å². The van der Waals surface area contributed by atoms with E-state index in [1.165, 1.54) is 11.3 Å². The van der Waals surface area contributed by atoms with E-state index in [0.717, 1.165) is 27.6 Å². The van der Waals surface area contributed by atoms with Crippen LogP contribution in [-0.2, 0) is 11.2 Å². The van der Waals surface area contributed by atoms with Crippen molar-refractivity contribution < 1.29 is 9.53 Å². The van der Waals surface area contributed by atoms with Crippen LogP contribution in [0.2, 0.25) is 0 Å². The summed E-state index contributed by atoms with van der Waals surface area (Å²) in [6, 6.07) is 9.51. The van der Waals surface area contributed by atoms with Crippen LogP contribution >= 0.6 is 11.3 Å². The summed E-state index contributed by atoms with van der Waals surface area (Å²) in [6.45, 7) is 1.97. The molecule has 0 saturated heterocycles. The van der Waals surface area contributed by atoms with E-state index in [2.05, 4.69) is 10.4 Å². The molecule has 0 bridgehead atoms. The maximum atomic E-state index is 12.3. The molecule has 0 aliphatic heterocycles. The number of rotatable bonds is 5. The van der Waals surface area contributed by atoms with Crippen molar-refractivity contribution in [3.8, 4) is 10.8 Å². The fourth-order valence-electron chi connectivity index (χ4n) is 2.39. The Balaban J connectivity index is 1.71. The van der Waals surface area contributed by atoms with Crippen molar-refractivity contribution in [1.82, 2.24) is 9.78 Å². The number of carbonyl (C=O) groups is 1. The normalized spacial score (nSPS) is 10.5.